The molecule has 0 saturated heterocycles. The number of benzene rings is 2. The van der Waals surface area contributed by atoms with Gasteiger partial charge in [0.2, 0.25) is 0 Å². The fraction of sp³-hybridized carbons (Fsp3) is 0.167. The topological polar surface area (TPSA) is 45.1 Å². The minimum Gasteiger partial charge on any atom is -0.505 e. The zero-order chi connectivity index (χ0) is 15.1. The molecule has 4 heteroatoms. The van der Waals surface area contributed by atoms with Crippen LogP contribution in [-0.4, -0.2) is 16.6 Å². The van der Waals surface area contributed by atoms with Crippen molar-refractivity contribution in [1.29, 1.82) is 0 Å². The van der Waals surface area contributed by atoms with Crippen molar-refractivity contribution in [3.63, 3.8) is 0 Å². The maximum Gasteiger partial charge on any atom is 0.146 e. The normalized spacial score (nSPS) is 17.4. The lowest BCUT2D eigenvalue weighted by atomic mass is 9.89. The van der Waals surface area contributed by atoms with Crippen molar-refractivity contribution in [3.8, 4) is 5.75 Å². The molecule has 1 atom stereocenters. The van der Waals surface area contributed by atoms with Crippen molar-refractivity contribution in [2.75, 3.05) is 6.54 Å². The highest BCUT2D eigenvalue weighted by atomic mass is 79.9. The summed E-state index contributed by atoms with van der Waals surface area (Å²) >= 11 is 3.61. The quantitative estimate of drug-likeness (QED) is 0.695. The molecule has 22 heavy (non-hydrogen) atoms. The Hall–Kier alpha value is -1.91. The van der Waals surface area contributed by atoms with E-state index in [1.54, 1.807) is 6.20 Å². The molecular weight excluding hydrogens is 340 g/mol. The summed E-state index contributed by atoms with van der Waals surface area (Å²) in [6, 6.07) is 14.2. The number of phenols is 1. The van der Waals surface area contributed by atoms with E-state index < -0.39 is 0 Å². The first-order valence-electron chi connectivity index (χ1n) is 7.33. The summed E-state index contributed by atoms with van der Waals surface area (Å²) in [5, 5.41) is 15.2. The Bertz CT molecular complexity index is 863. The summed E-state index contributed by atoms with van der Waals surface area (Å²) in [6.07, 6.45) is 2.72. The third-order valence-corrected chi connectivity index (χ3v) is 4.92. The maximum absolute atomic E-state index is 10.7. The number of phenolic OH excluding ortho intramolecular Hbond substituents is 1. The Morgan fingerprint density at radius 1 is 1.14 bits per heavy atom. The number of pyridine rings is 1. The van der Waals surface area contributed by atoms with Crippen LogP contribution in [0.1, 0.15) is 22.7 Å². The van der Waals surface area contributed by atoms with Crippen LogP contribution in [-0.2, 0) is 6.42 Å². The number of hydrogen-bond acceptors (Lipinski definition) is 3. The van der Waals surface area contributed by atoms with Crippen LogP contribution >= 0.6 is 15.9 Å². The summed E-state index contributed by atoms with van der Waals surface area (Å²) in [5.41, 5.74) is 4.07. The second kappa shape index (κ2) is 5.38. The fourth-order valence-electron chi connectivity index (χ4n) is 3.21. The molecule has 2 N–H and O–H groups in total. The largest absolute Gasteiger partial charge is 0.505 e. The van der Waals surface area contributed by atoms with Gasteiger partial charge in [-0.05, 0) is 29.7 Å². The first kappa shape index (κ1) is 13.7. The number of hydrogen-bond donors (Lipinski definition) is 2. The first-order chi connectivity index (χ1) is 10.8. The second-order valence-electron chi connectivity index (χ2n) is 5.53. The van der Waals surface area contributed by atoms with E-state index in [2.05, 4.69) is 44.4 Å². The average molecular weight is 355 g/mol. The van der Waals surface area contributed by atoms with E-state index in [0.29, 0.717) is 5.52 Å². The van der Waals surface area contributed by atoms with Crippen LogP contribution in [0.5, 0.6) is 5.75 Å². The summed E-state index contributed by atoms with van der Waals surface area (Å²) in [4.78, 5) is 4.35. The molecule has 1 aromatic heterocycles. The summed E-state index contributed by atoms with van der Waals surface area (Å²) in [6.45, 7) is 0.902. The number of aromatic hydroxyl groups is 1. The molecule has 1 aliphatic rings. The van der Waals surface area contributed by atoms with Gasteiger partial charge < -0.3 is 10.4 Å². The molecule has 0 amide bonds. The van der Waals surface area contributed by atoms with Gasteiger partial charge in [-0.2, -0.15) is 0 Å². The molecule has 3 aromatic rings. The number of halogens is 1. The third kappa shape index (κ3) is 2.11. The Morgan fingerprint density at radius 3 is 2.91 bits per heavy atom. The van der Waals surface area contributed by atoms with Crippen LogP contribution in [0.2, 0.25) is 0 Å². The van der Waals surface area contributed by atoms with Crippen molar-refractivity contribution in [2.45, 2.75) is 12.5 Å². The lowest BCUT2D eigenvalue weighted by Crippen LogP contribution is -2.30. The van der Waals surface area contributed by atoms with Crippen molar-refractivity contribution in [3.05, 3.63) is 69.8 Å². The zero-order valence-electron chi connectivity index (χ0n) is 11.9. The SMILES string of the molecule is Oc1c(C2NCCc3ccccc32)cc(Br)c2cccnc12. The van der Waals surface area contributed by atoms with E-state index in [1.807, 2.05) is 24.3 Å². The molecule has 3 nitrogen and oxygen atoms in total. The number of aromatic nitrogens is 1. The molecule has 2 heterocycles. The molecule has 1 aliphatic heterocycles. The van der Waals surface area contributed by atoms with Gasteiger partial charge in [0.15, 0.2) is 0 Å². The molecule has 0 spiro atoms. The minimum absolute atomic E-state index is 0.00680. The molecule has 2 aromatic carbocycles. The summed E-state index contributed by atoms with van der Waals surface area (Å²) in [7, 11) is 0. The van der Waals surface area contributed by atoms with Crippen molar-refractivity contribution in [2.24, 2.45) is 0 Å². The van der Waals surface area contributed by atoms with E-state index in [1.165, 1.54) is 11.1 Å². The van der Waals surface area contributed by atoms with Gasteiger partial charge in [0.25, 0.3) is 0 Å². The predicted molar refractivity (Wildman–Crippen MR) is 91.1 cm³/mol. The van der Waals surface area contributed by atoms with Gasteiger partial charge in [-0.1, -0.05) is 46.3 Å². The number of rotatable bonds is 1. The van der Waals surface area contributed by atoms with Gasteiger partial charge in [0.1, 0.15) is 11.3 Å². The molecule has 0 fully saturated rings. The Labute approximate surface area is 137 Å². The maximum atomic E-state index is 10.7. The van der Waals surface area contributed by atoms with E-state index in [-0.39, 0.29) is 11.8 Å². The molecule has 0 aliphatic carbocycles. The van der Waals surface area contributed by atoms with Crippen LogP contribution < -0.4 is 5.32 Å². The number of nitrogens with one attached hydrogen (secondary N) is 1. The van der Waals surface area contributed by atoms with Crippen LogP contribution in [0.25, 0.3) is 10.9 Å². The van der Waals surface area contributed by atoms with Crippen LogP contribution in [0.4, 0.5) is 0 Å². The predicted octanol–water partition coefficient (Wildman–Crippen LogP) is 3.94. The monoisotopic (exact) mass is 354 g/mol. The highest BCUT2D eigenvalue weighted by molar-refractivity contribution is 9.10. The van der Waals surface area contributed by atoms with Crippen molar-refractivity contribution < 1.29 is 5.11 Å². The third-order valence-electron chi connectivity index (χ3n) is 4.26. The van der Waals surface area contributed by atoms with Gasteiger partial charge in [-0.3, -0.25) is 4.98 Å². The van der Waals surface area contributed by atoms with Crippen molar-refractivity contribution >= 4 is 26.8 Å². The molecule has 1 unspecified atom stereocenters. The highest BCUT2D eigenvalue weighted by Crippen LogP contribution is 2.39. The van der Waals surface area contributed by atoms with E-state index >= 15 is 0 Å². The van der Waals surface area contributed by atoms with Crippen LogP contribution in [0.3, 0.4) is 0 Å². The van der Waals surface area contributed by atoms with E-state index in [4.69, 9.17) is 0 Å². The fourth-order valence-corrected chi connectivity index (χ4v) is 3.77. The van der Waals surface area contributed by atoms with Gasteiger partial charge in [-0.25, -0.2) is 0 Å². The van der Waals surface area contributed by atoms with Crippen molar-refractivity contribution in [1.82, 2.24) is 10.3 Å². The highest BCUT2D eigenvalue weighted by Gasteiger charge is 2.25. The number of nitrogens with zero attached hydrogens (tertiary/aromatic N) is 1. The molecule has 110 valence electrons. The average Bonchev–Trinajstić information content (AvgIpc) is 2.58. The Balaban J connectivity index is 1.94. The smallest absolute Gasteiger partial charge is 0.146 e. The first-order valence-corrected chi connectivity index (χ1v) is 8.12. The van der Waals surface area contributed by atoms with Gasteiger partial charge in [-0.15, -0.1) is 0 Å². The Kier molecular flexibility index (Phi) is 3.36. The van der Waals surface area contributed by atoms with E-state index in [0.717, 1.165) is 28.4 Å². The van der Waals surface area contributed by atoms with Crippen LogP contribution in [0, 0.1) is 0 Å². The Morgan fingerprint density at radius 2 is 2.00 bits per heavy atom. The molecule has 0 radical (unpaired) electrons. The summed E-state index contributed by atoms with van der Waals surface area (Å²) < 4.78 is 0.952. The molecular formula is C18H15BrN2O. The lowest BCUT2D eigenvalue weighted by Gasteiger charge is -2.28. The summed E-state index contributed by atoms with van der Waals surface area (Å²) in [5.74, 6) is 0.257. The molecule has 0 bridgehead atoms. The van der Waals surface area contributed by atoms with Gasteiger partial charge >= 0.3 is 0 Å². The lowest BCUT2D eigenvalue weighted by molar-refractivity contribution is 0.458. The molecule has 0 saturated carbocycles. The zero-order valence-corrected chi connectivity index (χ0v) is 13.5. The van der Waals surface area contributed by atoms with Gasteiger partial charge in [0, 0.05) is 28.2 Å². The van der Waals surface area contributed by atoms with E-state index in [9.17, 15) is 5.11 Å². The minimum atomic E-state index is -0.00680. The number of fused-ring (bicyclic) bond motifs is 2. The second-order valence-corrected chi connectivity index (χ2v) is 6.39. The molecule has 4 rings (SSSR count). The standard InChI is InChI=1S/C18H15BrN2O/c19-15-10-14(18(22)17-13(15)6-3-8-20-17)16-12-5-2-1-4-11(12)7-9-21-16/h1-6,8,10,16,21-22H,7,9H2. The van der Waals surface area contributed by atoms with Gasteiger partial charge in [0.05, 0.1) is 6.04 Å². The van der Waals surface area contributed by atoms with Crippen LogP contribution in [0.15, 0.2) is 53.1 Å².